The molecule has 3 aromatic rings. The number of nitrogens with one attached hydrogen (secondary N) is 1. The zero-order valence-corrected chi connectivity index (χ0v) is 14.2. The van der Waals surface area contributed by atoms with Gasteiger partial charge in [0.25, 0.3) is 0 Å². The molecular formula is C17H20ClN5O. The van der Waals surface area contributed by atoms with Crippen molar-refractivity contribution >= 4 is 22.5 Å². The summed E-state index contributed by atoms with van der Waals surface area (Å²) in [4.78, 5) is 0. The Hall–Kier alpha value is -1.89. The molecule has 0 saturated carbocycles. The molecule has 0 amide bonds. The van der Waals surface area contributed by atoms with Crippen LogP contribution in [0.1, 0.15) is 24.3 Å². The molecule has 3 heterocycles. The zero-order valence-electron chi connectivity index (χ0n) is 13.5. The highest BCUT2D eigenvalue weighted by atomic mass is 35.5. The van der Waals surface area contributed by atoms with E-state index >= 15 is 0 Å². The summed E-state index contributed by atoms with van der Waals surface area (Å²) in [6.07, 6.45) is 7.47. The van der Waals surface area contributed by atoms with Gasteiger partial charge in [-0.05, 0) is 43.0 Å². The van der Waals surface area contributed by atoms with Crippen LogP contribution in [0, 0.1) is 0 Å². The van der Waals surface area contributed by atoms with Gasteiger partial charge in [-0.25, -0.2) is 4.68 Å². The average Bonchev–Trinajstić information content (AvgIpc) is 3.19. The van der Waals surface area contributed by atoms with E-state index in [1.807, 2.05) is 30.2 Å². The normalized spacial score (nSPS) is 21.5. The largest absolute Gasteiger partial charge is 0.395 e. The zero-order chi connectivity index (χ0) is 16.7. The van der Waals surface area contributed by atoms with Gasteiger partial charge in [0.05, 0.1) is 30.7 Å². The number of aliphatic hydroxyl groups is 1. The minimum atomic E-state index is 0.138. The second-order valence-corrected chi connectivity index (χ2v) is 6.82. The van der Waals surface area contributed by atoms with Crippen molar-refractivity contribution in [1.29, 1.82) is 0 Å². The van der Waals surface area contributed by atoms with E-state index in [0.717, 1.165) is 46.6 Å². The third-order valence-corrected chi connectivity index (χ3v) is 5.10. The summed E-state index contributed by atoms with van der Waals surface area (Å²) < 4.78 is 3.66. The van der Waals surface area contributed by atoms with Gasteiger partial charge >= 0.3 is 0 Å². The van der Waals surface area contributed by atoms with Crippen molar-refractivity contribution in [2.75, 3.05) is 13.2 Å². The molecule has 2 N–H and O–H groups in total. The minimum Gasteiger partial charge on any atom is -0.395 e. The Morgan fingerprint density at radius 2 is 2.21 bits per heavy atom. The fraction of sp³-hybridized carbons (Fsp3) is 0.412. The first-order valence-electron chi connectivity index (χ1n) is 8.16. The third-order valence-electron chi connectivity index (χ3n) is 4.78. The smallest absolute Gasteiger partial charge is 0.103 e. The Morgan fingerprint density at radius 3 is 2.96 bits per heavy atom. The van der Waals surface area contributed by atoms with Crippen LogP contribution in [0.3, 0.4) is 0 Å². The molecule has 24 heavy (non-hydrogen) atoms. The number of hydrogen-bond donors (Lipinski definition) is 2. The molecule has 0 radical (unpaired) electrons. The Balaban J connectivity index is 1.77. The number of piperidine rings is 1. The number of hydrogen-bond acceptors (Lipinski definition) is 4. The third kappa shape index (κ3) is 2.70. The Morgan fingerprint density at radius 1 is 1.33 bits per heavy atom. The van der Waals surface area contributed by atoms with Crippen LogP contribution in [0.25, 0.3) is 16.6 Å². The monoisotopic (exact) mass is 345 g/mol. The van der Waals surface area contributed by atoms with Crippen molar-refractivity contribution in [3.05, 3.63) is 41.3 Å². The molecule has 1 aliphatic heterocycles. The lowest BCUT2D eigenvalue weighted by atomic mass is 9.86. The molecule has 4 rings (SSSR count). The van der Waals surface area contributed by atoms with Crippen LogP contribution in [0.2, 0.25) is 5.02 Å². The highest BCUT2D eigenvalue weighted by molar-refractivity contribution is 6.32. The lowest BCUT2D eigenvalue weighted by Crippen LogP contribution is -2.39. The molecule has 1 saturated heterocycles. The first kappa shape index (κ1) is 15.6. The summed E-state index contributed by atoms with van der Waals surface area (Å²) >= 11 is 6.55. The standard InChI is InChI=1S/C17H20ClN5O/c1-22-9-14(8-20-22)23-17-6-15(16(18)5-12(17)7-21-23)11-2-3-19-13(4-11)10-24/h5-9,11,13,19,24H,2-4,10H2,1H3. The molecule has 1 aromatic carbocycles. The molecule has 126 valence electrons. The molecular weight excluding hydrogens is 326 g/mol. The molecule has 1 fully saturated rings. The van der Waals surface area contributed by atoms with Crippen LogP contribution in [0.5, 0.6) is 0 Å². The summed E-state index contributed by atoms with van der Waals surface area (Å²) in [5, 5.41) is 23.3. The molecule has 2 aromatic heterocycles. The summed E-state index contributed by atoms with van der Waals surface area (Å²) in [7, 11) is 1.89. The van der Waals surface area contributed by atoms with E-state index in [1.54, 1.807) is 10.9 Å². The highest BCUT2D eigenvalue weighted by Gasteiger charge is 2.24. The summed E-state index contributed by atoms with van der Waals surface area (Å²) in [6.45, 7) is 1.05. The molecule has 2 atom stereocenters. The van der Waals surface area contributed by atoms with Crippen LogP contribution in [0.4, 0.5) is 0 Å². The van der Waals surface area contributed by atoms with Crippen molar-refractivity contribution in [1.82, 2.24) is 24.9 Å². The van der Waals surface area contributed by atoms with Gasteiger partial charge in [0.2, 0.25) is 0 Å². The van der Waals surface area contributed by atoms with Crippen LogP contribution in [-0.2, 0) is 7.05 Å². The molecule has 0 aliphatic carbocycles. The number of aryl methyl sites for hydroxylation is 1. The van der Waals surface area contributed by atoms with E-state index in [1.165, 1.54) is 0 Å². The number of aromatic nitrogens is 4. The van der Waals surface area contributed by atoms with E-state index in [4.69, 9.17) is 11.6 Å². The molecule has 1 aliphatic rings. The molecule has 7 heteroatoms. The summed E-state index contributed by atoms with van der Waals surface area (Å²) in [5.74, 6) is 0.345. The predicted molar refractivity (Wildman–Crippen MR) is 93.7 cm³/mol. The number of nitrogens with zero attached hydrogens (tertiary/aromatic N) is 4. The van der Waals surface area contributed by atoms with Crippen LogP contribution in [0.15, 0.2) is 30.7 Å². The SMILES string of the molecule is Cn1cc(-n2ncc3cc(Cl)c(C4CCNC(CO)C4)cc32)cn1. The second kappa shape index (κ2) is 6.20. The molecule has 6 nitrogen and oxygen atoms in total. The maximum atomic E-state index is 9.44. The van der Waals surface area contributed by atoms with Crippen molar-refractivity contribution in [3.63, 3.8) is 0 Å². The van der Waals surface area contributed by atoms with Gasteiger partial charge in [-0.1, -0.05) is 11.6 Å². The van der Waals surface area contributed by atoms with E-state index in [9.17, 15) is 5.11 Å². The van der Waals surface area contributed by atoms with Gasteiger partial charge in [-0.3, -0.25) is 4.68 Å². The number of fused-ring (bicyclic) bond motifs is 1. The van der Waals surface area contributed by atoms with E-state index < -0.39 is 0 Å². The Kier molecular flexibility index (Phi) is 4.04. The van der Waals surface area contributed by atoms with E-state index in [0.29, 0.717) is 5.92 Å². The van der Waals surface area contributed by atoms with Gasteiger partial charge in [0.15, 0.2) is 0 Å². The summed E-state index contributed by atoms with van der Waals surface area (Å²) in [6, 6.07) is 4.27. The van der Waals surface area contributed by atoms with Crippen LogP contribution >= 0.6 is 11.6 Å². The lowest BCUT2D eigenvalue weighted by molar-refractivity contribution is 0.210. The maximum Gasteiger partial charge on any atom is 0.103 e. The predicted octanol–water partition coefficient (Wildman–Crippen LogP) is 2.24. The van der Waals surface area contributed by atoms with Gasteiger partial charge in [0.1, 0.15) is 5.69 Å². The van der Waals surface area contributed by atoms with Crippen molar-refractivity contribution in [2.45, 2.75) is 24.8 Å². The second-order valence-electron chi connectivity index (χ2n) is 6.42. The average molecular weight is 346 g/mol. The molecule has 2 unspecified atom stereocenters. The molecule has 0 bridgehead atoms. The minimum absolute atomic E-state index is 0.138. The van der Waals surface area contributed by atoms with Crippen molar-refractivity contribution < 1.29 is 5.11 Å². The van der Waals surface area contributed by atoms with E-state index in [-0.39, 0.29) is 12.6 Å². The van der Waals surface area contributed by atoms with Gasteiger partial charge in [0, 0.05) is 23.5 Å². The topological polar surface area (TPSA) is 67.9 Å². The number of rotatable bonds is 3. The lowest BCUT2D eigenvalue weighted by Gasteiger charge is -2.30. The van der Waals surface area contributed by atoms with Crippen LogP contribution < -0.4 is 5.32 Å². The number of aliphatic hydroxyl groups excluding tert-OH is 1. The maximum absolute atomic E-state index is 9.44. The molecule has 0 spiro atoms. The van der Waals surface area contributed by atoms with Crippen molar-refractivity contribution in [3.8, 4) is 5.69 Å². The number of halogens is 1. The van der Waals surface area contributed by atoms with Gasteiger partial charge < -0.3 is 10.4 Å². The van der Waals surface area contributed by atoms with Gasteiger partial charge in [-0.2, -0.15) is 10.2 Å². The first-order valence-corrected chi connectivity index (χ1v) is 8.54. The quantitative estimate of drug-likeness (QED) is 0.764. The van der Waals surface area contributed by atoms with E-state index in [2.05, 4.69) is 21.6 Å². The van der Waals surface area contributed by atoms with Crippen LogP contribution in [-0.4, -0.2) is 43.9 Å². The fourth-order valence-electron chi connectivity index (χ4n) is 3.53. The van der Waals surface area contributed by atoms with Crippen molar-refractivity contribution in [2.24, 2.45) is 7.05 Å². The summed E-state index contributed by atoms with van der Waals surface area (Å²) in [5.41, 5.74) is 3.09. The number of benzene rings is 1. The Bertz CT molecular complexity index is 871. The van der Waals surface area contributed by atoms with Gasteiger partial charge in [-0.15, -0.1) is 0 Å². The highest BCUT2D eigenvalue weighted by Crippen LogP contribution is 2.35. The Labute approximate surface area is 145 Å². The first-order chi connectivity index (χ1) is 11.7. The fourth-order valence-corrected chi connectivity index (χ4v) is 3.85.